The summed E-state index contributed by atoms with van der Waals surface area (Å²) in [4.78, 5) is 12.3. The predicted octanol–water partition coefficient (Wildman–Crippen LogP) is 2.38. The molecule has 5 heteroatoms. The van der Waals surface area contributed by atoms with E-state index in [-0.39, 0.29) is 23.7 Å². The molecule has 0 aliphatic rings. The Morgan fingerprint density at radius 3 is 2.57 bits per heavy atom. The molecule has 1 amide bonds. The van der Waals surface area contributed by atoms with E-state index >= 15 is 0 Å². The zero-order chi connectivity index (χ0) is 15.2. The first kappa shape index (κ1) is 14.7. The number of nitriles is 1. The summed E-state index contributed by atoms with van der Waals surface area (Å²) in [6.45, 7) is 0.118. The molecule has 0 spiro atoms. The lowest BCUT2D eigenvalue weighted by molar-refractivity contribution is -0.117. The fraction of sp³-hybridized carbons (Fsp3) is 0.125. The monoisotopic (exact) mass is 283 g/mol. The highest BCUT2D eigenvalue weighted by Crippen LogP contribution is 2.21. The molecule has 106 valence electrons. The molecule has 0 heterocycles. The number of nitrogens with one attached hydrogen (secondary N) is 1. The topological polar surface area (TPSA) is 78.9 Å². The van der Waals surface area contributed by atoms with Crippen molar-refractivity contribution >= 4 is 11.6 Å². The Hall–Kier alpha value is -2.71. The quantitative estimate of drug-likeness (QED) is 0.904. The number of halogens is 1. The normalized spacial score (nSPS) is 11.5. The van der Waals surface area contributed by atoms with Gasteiger partial charge < -0.3 is 11.1 Å². The molecule has 0 radical (unpaired) electrons. The van der Waals surface area contributed by atoms with Crippen molar-refractivity contribution < 1.29 is 9.18 Å². The number of rotatable bonds is 4. The van der Waals surface area contributed by atoms with E-state index < -0.39 is 11.7 Å². The van der Waals surface area contributed by atoms with Crippen molar-refractivity contribution in [1.82, 2.24) is 0 Å². The van der Waals surface area contributed by atoms with Gasteiger partial charge in [-0.15, -0.1) is 0 Å². The van der Waals surface area contributed by atoms with Gasteiger partial charge in [0, 0.05) is 6.54 Å². The highest BCUT2D eigenvalue weighted by Gasteiger charge is 2.20. The molecule has 2 aromatic carbocycles. The summed E-state index contributed by atoms with van der Waals surface area (Å²) in [5.41, 5.74) is 6.40. The number of nitrogens with two attached hydrogens (primary N) is 1. The van der Waals surface area contributed by atoms with Crippen molar-refractivity contribution in [3.63, 3.8) is 0 Å². The average Bonchev–Trinajstić information content (AvgIpc) is 2.49. The summed E-state index contributed by atoms with van der Waals surface area (Å²) < 4.78 is 13.5. The molecule has 0 aliphatic heterocycles. The number of nitrogens with zero attached hydrogens (tertiary/aromatic N) is 1. The van der Waals surface area contributed by atoms with E-state index in [0.29, 0.717) is 0 Å². The van der Waals surface area contributed by atoms with Gasteiger partial charge in [-0.3, -0.25) is 4.79 Å². The third-order valence-corrected chi connectivity index (χ3v) is 3.14. The van der Waals surface area contributed by atoms with Gasteiger partial charge in [-0.05, 0) is 17.7 Å². The van der Waals surface area contributed by atoms with Gasteiger partial charge in [0.05, 0.1) is 11.6 Å². The van der Waals surface area contributed by atoms with Gasteiger partial charge in [-0.1, -0.05) is 36.4 Å². The van der Waals surface area contributed by atoms with Crippen LogP contribution in [0, 0.1) is 17.1 Å². The molecule has 1 unspecified atom stereocenters. The molecule has 4 nitrogen and oxygen atoms in total. The van der Waals surface area contributed by atoms with Crippen LogP contribution in [0.3, 0.4) is 0 Å². The van der Waals surface area contributed by atoms with E-state index in [9.17, 15) is 9.18 Å². The van der Waals surface area contributed by atoms with Crippen molar-refractivity contribution in [3.8, 4) is 6.07 Å². The Balaban J connectivity index is 2.25. The summed E-state index contributed by atoms with van der Waals surface area (Å²) >= 11 is 0. The summed E-state index contributed by atoms with van der Waals surface area (Å²) in [6, 6.07) is 14.9. The molecule has 0 bridgehead atoms. The molecule has 21 heavy (non-hydrogen) atoms. The van der Waals surface area contributed by atoms with Crippen LogP contribution in [0.4, 0.5) is 10.1 Å². The van der Waals surface area contributed by atoms with E-state index in [1.54, 1.807) is 18.2 Å². The highest BCUT2D eigenvalue weighted by atomic mass is 19.1. The molecule has 0 aliphatic carbocycles. The van der Waals surface area contributed by atoms with Gasteiger partial charge in [-0.2, -0.15) is 5.26 Å². The van der Waals surface area contributed by atoms with Gasteiger partial charge in [0.25, 0.3) is 0 Å². The maximum absolute atomic E-state index is 13.5. The average molecular weight is 283 g/mol. The molecule has 2 aromatic rings. The first-order chi connectivity index (χ1) is 10.2. The van der Waals surface area contributed by atoms with Gasteiger partial charge >= 0.3 is 0 Å². The van der Waals surface area contributed by atoms with E-state index in [4.69, 9.17) is 11.0 Å². The molecule has 3 N–H and O–H groups in total. The third kappa shape index (κ3) is 3.25. The van der Waals surface area contributed by atoms with E-state index in [0.717, 1.165) is 5.56 Å². The standard InChI is InChI=1S/C16H14FN3O/c17-14-7-4-8-15(13(14)10-19)20-16(21)12(9-18)11-5-2-1-3-6-11/h1-8,12H,9,18H2,(H,20,21). The van der Waals surface area contributed by atoms with Crippen LogP contribution in [0.15, 0.2) is 48.5 Å². The SMILES string of the molecule is N#Cc1c(F)cccc1NC(=O)C(CN)c1ccccc1. The van der Waals surface area contributed by atoms with Crippen LogP contribution in [-0.2, 0) is 4.79 Å². The Bertz CT molecular complexity index is 680. The number of carbonyl (C=O) groups excluding carboxylic acids is 1. The summed E-state index contributed by atoms with van der Waals surface area (Å²) in [5.74, 6) is -1.59. The van der Waals surface area contributed by atoms with E-state index in [1.807, 2.05) is 18.2 Å². The van der Waals surface area contributed by atoms with Gasteiger partial charge in [0.15, 0.2) is 0 Å². The van der Waals surface area contributed by atoms with Gasteiger partial charge in [0.1, 0.15) is 17.4 Å². The molecule has 0 saturated heterocycles. The van der Waals surface area contributed by atoms with Crippen molar-refractivity contribution in [3.05, 3.63) is 65.5 Å². The number of hydrogen-bond donors (Lipinski definition) is 2. The lowest BCUT2D eigenvalue weighted by atomic mass is 9.98. The second kappa shape index (κ2) is 6.64. The highest BCUT2D eigenvalue weighted by molar-refractivity contribution is 5.97. The molecule has 0 saturated carbocycles. The Morgan fingerprint density at radius 1 is 1.24 bits per heavy atom. The second-order valence-corrected chi connectivity index (χ2v) is 4.46. The van der Waals surface area contributed by atoms with Crippen molar-refractivity contribution in [1.29, 1.82) is 5.26 Å². The number of hydrogen-bond acceptors (Lipinski definition) is 3. The van der Waals surface area contributed by atoms with Crippen LogP contribution in [0.2, 0.25) is 0 Å². The number of amides is 1. The summed E-state index contributed by atoms with van der Waals surface area (Å²) in [7, 11) is 0. The van der Waals surface area contributed by atoms with E-state index in [1.165, 1.54) is 18.2 Å². The Labute approximate surface area is 122 Å². The molecule has 2 rings (SSSR count). The second-order valence-electron chi connectivity index (χ2n) is 4.46. The largest absolute Gasteiger partial charge is 0.329 e. The minimum absolute atomic E-state index is 0.118. The van der Waals surface area contributed by atoms with Gasteiger partial charge in [-0.25, -0.2) is 4.39 Å². The smallest absolute Gasteiger partial charge is 0.233 e. The van der Waals surface area contributed by atoms with Crippen LogP contribution in [0.5, 0.6) is 0 Å². The van der Waals surface area contributed by atoms with Crippen LogP contribution in [0.25, 0.3) is 0 Å². The number of anilines is 1. The fourth-order valence-corrected chi connectivity index (χ4v) is 2.04. The Kier molecular flexibility index (Phi) is 4.64. The molecule has 1 atom stereocenters. The maximum Gasteiger partial charge on any atom is 0.233 e. The van der Waals surface area contributed by atoms with E-state index in [2.05, 4.69) is 5.32 Å². The predicted molar refractivity (Wildman–Crippen MR) is 78.0 cm³/mol. The summed E-state index contributed by atoms with van der Waals surface area (Å²) in [5, 5.41) is 11.5. The van der Waals surface area contributed by atoms with Crippen LogP contribution in [0.1, 0.15) is 17.0 Å². The minimum atomic E-state index is -0.667. The van der Waals surface area contributed by atoms with Crippen LogP contribution >= 0.6 is 0 Å². The van der Waals surface area contributed by atoms with Crippen LogP contribution in [-0.4, -0.2) is 12.5 Å². The lowest BCUT2D eigenvalue weighted by Crippen LogP contribution is -2.27. The van der Waals surface area contributed by atoms with Crippen molar-refractivity contribution in [2.75, 3.05) is 11.9 Å². The Morgan fingerprint density at radius 2 is 1.95 bits per heavy atom. The van der Waals surface area contributed by atoms with Gasteiger partial charge in [0.2, 0.25) is 5.91 Å². The van der Waals surface area contributed by atoms with Crippen molar-refractivity contribution in [2.24, 2.45) is 5.73 Å². The lowest BCUT2D eigenvalue weighted by Gasteiger charge is -2.16. The third-order valence-electron chi connectivity index (χ3n) is 3.14. The fourth-order valence-electron chi connectivity index (χ4n) is 2.04. The molecule has 0 aromatic heterocycles. The molecule has 0 fully saturated rings. The van der Waals surface area contributed by atoms with Crippen LogP contribution < -0.4 is 11.1 Å². The minimum Gasteiger partial charge on any atom is -0.329 e. The molecular weight excluding hydrogens is 269 g/mol. The number of carbonyl (C=O) groups is 1. The maximum atomic E-state index is 13.5. The number of benzene rings is 2. The first-order valence-corrected chi connectivity index (χ1v) is 6.42. The zero-order valence-corrected chi connectivity index (χ0v) is 11.2. The zero-order valence-electron chi connectivity index (χ0n) is 11.2. The molecular formula is C16H14FN3O. The first-order valence-electron chi connectivity index (χ1n) is 6.42. The van der Waals surface area contributed by atoms with Crippen molar-refractivity contribution in [2.45, 2.75) is 5.92 Å². The summed E-state index contributed by atoms with van der Waals surface area (Å²) in [6.07, 6.45) is 0.